The standard InChI is InChI=1S/C32H50O4/c1-19-21(35-20(2)33)9-10-22-28(19,5)12-11-23-29(22,6)15-16-32-24-17-27(3,4)13-14-30(24,7)25(36-26(32)34)18-31(23,32)8/h19,21-25H,9-18H2,1-8H3. The summed E-state index contributed by atoms with van der Waals surface area (Å²) in [6.45, 7) is 18.8. The Labute approximate surface area is 219 Å². The lowest BCUT2D eigenvalue weighted by Crippen LogP contribution is -2.77. The van der Waals surface area contributed by atoms with E-state index in [4.69, 9.17) is 9.47 Å². The molecular formula is C32H50O4. The van der Waals surface area contributed by atoms with Gasteiger partial charge in [-0.2, -0.15) is 0 Å². The van der Waals surface area contributed by atoms with Crippen molar-refractivity contribution in [1.29, 1.82) is 0 Å². The summed E-state index contributed by atoms with van der Waals surface area (Å²) in [5.74, 6) is 2.00. The Hall–Kier alpha value is -1.06. The van der Waals surface area contributed by atoms with Crippen LogP contribution in [0.25, 0.3) is 0 Å². The van der Waals surface area contributed by atoms with Crippen LogP contribution in [0.4, 0.5) is 0 Å². The number of esters is 2. The van der Waals surface area contributed by atoms with Crippen molar-refractivity contribution in [2.75, 3.05) is 0 Å². The first-order chi connectivity index (χ1) is 16.6. The van der Waals surface area contributed by atoms with Crippen molar-refractivity contribution in [3.05, 3.63) is 0 Å². The molecule has 11 atom stereocenters. The topological polar surface area (TPSA) is 52.6 Å². The Morgan fingerprint density at radius 1 is 0.806 bits per heavy atom. The van der Waals surface area contributed by atoms with Crippen molar-refractivity contribution in [2.24, 2.45) is 56.2 Å². The minimum absolute atomic E-state index is 0.00883. The van der Waals surface area contributed by atoms with Crippen LogP contribution < -0.4 is 0 Å². The molecule has 0 aromatic carbocycles. The lowest BCUT2D eigenvalue weighted by molar-refractivity contribution is -0.321. The van der Waals surface area contributed by atoms with Gasteiger partial charge in [0.15, 0.2) is 0 Å². The van der Waals surface area contributed by atoms with E-state index in [9.17, 15) is 9.59 Å². The number of hydrogen-bond acceptors (Lipinski definition) is 4. The SMILES string of the molecule is CC(=O)OC1CCC2C(C)(CCC3C2(C)CCC24C(=O)OC(CC32C)C2(C)CCC(C)(C)CC24)C1C. The van der Waals surface area contributed by atoms with E-state index in [1.165, 1.54) is 25.7 Å². The van der Waals surface area contributed by atoms with Crippen LogP contribution >= 0.6 is 0 Å². The molecule has 0 radical (unpaired) electrons. The Morgan fingerprint density at radius 3 is 2.19 bits per heavy atom. The fourth-order valence-corrected chi connectivity index (χ4v) is 12.2. The molecule has 36 heavy (non-hydrogen) atoms. The summed E-state index contributed by atoms with van der Waals surface area (Å²) in [6.07, 6.45) is 11.4. The maximum absolute atomic E-state index is 14.1. The smallest absolute Gasteiger partial charge is 0.313 e. The summed E-state index contributed by atoms with van der Waals surface area (Å²) < 4.78 is 12.2. The van der Waals surface area contributed by atoms with Gasteiger partial charge in [-0.15, -0.1) is 0 Å². The van der Waals surface area contributed by atoms with Crippen molar-refractivity contribution in [3.63, 3.8) is 0 Å². The van der Waals surface area contributed by atoms with Gasteiger partial charge in [-0.3, -0.25) is 9.59 Å². The van der Waals surface area contributed by atoms with Gasteiger partial charge in [-0.1, -0.05) is 48.5 Å². The average molecular weight is 499 g/mol. The van der Waals surface area contributed by atoms with E-state index in [1.807, 2.05) is 0 Å². The lowest BCUT2D eigenvalue weighted by atomic mass is 9.28. The van der Waals surface area contributed by atoms with E-state index in [2.05, 4.69) is 48.5 Å². The maximum atomic E-state index is 14.1. The number of fused-ring (bicyclic) bond motifs is 4. The molecule has 0 N–H and O–H groups in total. The third-order valence-corrected chi connectivity index (χ3v) is 14.3. The Bertz CT molecular complexity index is 987. The van der Waals surface area contributed by atoms with Gasteiger partial charge < -0.3 is 9.47 Å². The third kappa shape index (κ3) is 2.83. The third-order valence-electron chi connectivity index (χ3n) is 14.3. The molecule has 11 unspecified atom stereocenters. The zero-order valence-electron chi connectivity index (χ0n) is 24.2. The van der Waals surface area contributed by atoms with Gasteiger partial charge in [0.2, 0.25) is 0 Å². The molecule has 5 saturated carbocycles. The van der Waals surface area contributed by atoms with Crippen molar-refractivity contribution in [2.45, 2.75) is 132 Å². The van der Waals surface area contributed by atoms with E-state index in [-0.39, 0.29) is 51.2 Å². The lowest BCUT2D eigenvalue weighted by Gasteiger charge is -2.77. The summed E-state index contributed by atoms with van der Waals surface area (Å²) in [6, 6.07) is 0. The molecular weight excluding hydrogens is 448 g/mol. The predicted octanol–water partition coefficient (Wildman–Crippen LogP) is 7.34. The fourth-order valence-electron chi connectivity index (χ4n) is 12.2. The molecule has 2 aliphatic heterocycles. The highest BCUT2D eigenvalue weighted by Crippen LogP contribution is 2.80. The van der Waals surface area contributed by atoms with Crippen LogP contribution in [0.1, 0.15) is 120 Å². The molecule has 0 aromatic heterocycles. The van der Waals surface area contributed by atoms with Crippen molar-refractivity contribution >= 4 is 11.9 Å². The van der Waals surface area contributed by atoms with Gasteiger partial charge in [-0.05, 0) is 110 Å². The summed E-state index contributed by atoms with van der Waals surface area (Å²) in [5, 5.41) is 0. The van der Waals surface area contributed by atoms with Gasteiger partial charge in [-0.25, -0.2) is 0 Å². The summed E-state index contributed by atoms with van der Waals surface area (Å²) in [5.41, 5.74) is 0.521. The first kappa shape index (κ1) is 25.2. The molecule has 0 aromatic rings. The fraction of sp³-hybridized carbons (Fsp3) is 0.938. The molecule has 2 heterocycles. The molecule has 1 spiro atoms. The number of ether oxygens (including phenoxy) is 2. The minimum atomic E-state index is -0.327. The molecule has 7 rings (SSSR count). The quantitative estimate of drug-likeness (QED) is 0.355. The monoisotopic (exact) mass is 498 g/mol. The molecule has 4 heteroatoms. The van der Waals surface area contributed by atoms with E-state index >= 15 is 0 Å². The molecule has 5 aliphatic carbocycles. The van der Waals surface area contributed by atoms with Crippen LogP contribution in [0.3, 0.4) is 0 Å². The number of carbonyl (C=O) groups excluding carboxylic acids is 2. The highest BCUT2D eigenvalue weighted by Gasteiger charge is 2.79. The molecule has 2 saturated heterocycles. The molecule has 7 fully saturated rings. The van der Waals surface area contributed by atoms with Gasteiger partial charge in [0.25, 0.3) is 0 Å². The highest BCUT2D eigenvalue weighted by atomic mass is 16.6. The largest absolute Gasteiger partial charge is 0.462 e. The average Bonchev–Trinajstić information content (AvgIpc) is 2.77. The highest BCUT2D eigenvalue weighted by molar-refractivity contribution is 5.81. The van der Waals surface area contributed by atoms with E-state index < -0.39 is 0 Å². The molecule has 0 amide bonds. The van der Waals surface area contributed by atoms with Crippen LogP contribution in [-0.2, 0) is 19.1 Å². The molecule has 7 aliphatic rings. The normalized spacial score (nSPS) is 56.9. The first-order valence-electron chi connectivity index (χ1n) is 15.0. The van der Waals surface area contributed by atoms with Crippen LogP contribution in [-0.4, -0.2) is 24.1 Å². The zero-order valence-corrected chi connectivity index (χ0v) is 24.2. The maximum Gasteiger partial charge on any atom is 0.313 e. The van der Waals surface area contributed by atoms with E-state index in [0.717, 1.165) is 38.5 Å². The van der Waals surface area contributed by atoms with Crippen LogP contribution in [0, 0.1) is 56.2 Å². The molecule has 2 bridgehead atoms. The molecule has 4 nitrogen and oxygen atoms in total. The van der Waals surface area contributed by atoms with Crippen molar-refractivity contribution in [3.8, 4) is 0 Å². The predicted molar refractivity (Wildman–Crippen MR) is 140 cm³/mol. The first-order valence-corrected chi connectivity index (χ1v) is 15.0. The minimum Gasteiger partial charge on any atom is -0.462 e. The Morgan fingerprint density at radius 2 is 1.50 bits per heavy atom. The summed E-state index contributed by atoms with van der Waals surface area (Å²) in [4.78, 5) is 25.9. The van der Waals surface area contributed by atoms with Crippen molar-refractivity contribution in [1.82, 2.24) is 0 Å². The summed E-state index contributed by atoms with van der Waals surface area (Å²) in [7, 11) is 0. The molecule has 202 valence electrons. The summed E-state index contributed by atoms with van der Waals surface area (Å²) >= 11 is 0. The van der Waals surface area contributed by atoms with Gasteiger partial charge in [0.1, 0.15) is 12.2 Å². The number of rotatable bonds is 1. The number of hydrogen-bond donors (Lipinski definition) is 0. The van der Waals surface area contributed by atoms with Gasteiger partial charge in [0.05, 0.1) is 5.41 Å². The second-order valence-electron chi connectivity index (χ2n) is 16.1. The van der Waals surface area contributed by atoms with Crippen LogP contribution in [0.2, 0.25) is 0 Å². The second kappa shape index (κ2) is 7.32. The van der Waals surface area contributed by atoms with E-state index in [0.29, 0.717) is 29.1 Å². The van der Waals surface area contributed by atoms with E-state index in [1.54, 1.807) is 6.92 Å². The second-order valence-corrected chi connectivity index (χ2v) is 16.1. The van der Waals surface area contributed by atoms with Crippen LogP contribution in [0.5, 0.6) is 0 Å². The van der Waals surface area contributed by atoms with Gasteiger partial charge >= 0.3 is 11.9 Å². The Balaban J connectivity index is 1.40. The van der Waals surface area contributed by atoms with Crippen LogP contribution in [0.15, 0.2) is 0 Å². The van der Waals surface area contributed by atoms with Gasteiger partial charge in [0, 0.05) is 12.3 Å². The Kier molecular flexibility index (Phi) is 5.13. The van der Waals surface area contributed by atoms with Crippen molar-refractivity contribution < 1.29 is 19.1 Å². The zero-order chi connectivity index (χ0) is 26.1. The number of carbonyl (C=O) groups is 2.